The van der Waals surface area contributed by atoms with Gasteiger partial charge in [-0.15, -0.1) is 12.6 Å². The Balaban J connectivity index is 1.58. The number of carbonyl (C=O) groups excluding carboxylic acids is 1. The van der Waals surface area contributed by atoms with Crippen LogP contribution in [0, 0.1) is 0 Å². The van der Waals surface area contributed by atoms with Gasteiger partial charge in [0.05, 0.1) is 23.8 Å². The van der Waals surface area contributed by atoms with Crippen molar-refractivity contribution in [2.45, 2.75) is 17.9 Å². The van der Waals surface area contributed by atoms with Crippen molar-refractivity contribution in [3.05, 3.63) is 65.9 Å². The number of amides is 1. The predicted octanol–water partition coefficient (Wildman–Crippen LogP) is 3.19. The number of rotatable bonds is 6. The van der Waals surface area contributed by atoms with E-state index in [1.165, 1.54) is 23.0 Å². The van der Waals surface area contributed by atoms with Crippen LogP contribution in [0.5, 0.6) is 5.75 Å². The smallest absolute Gasteiger partial charge is 0.387 e. The Hall–Kier alpha value is -3.47. The molecular weight excluding hydrogens is 402 g/mol. The van der Waals surface area contributed by atoms with Crippen LogP contribution >= 0.6 is 12.6 Å². The van der Waals surface area contributed by atoms with Crippen molar-refractivity contribution in [1.29, 1.82) is 0 Å². The van der Waals surface area contributed by atoms with E-state index in [0.717, 1.165) is 0 Å². The number of benzene rings is 1. The van der Waals surface area contributed by atoms with Crippen molar-refractivity contribution >= 4 is 29.9 Å². The molecule has 0 unspecified atom stereocenters. The number of alkyl halides is 2. The number of nitrogens with zero attached hydrogens (tertiary/aromatic N) is 4. The van der Waals surface area contributed by atoms with Gasteiger partial charge in [-0.3, -0.25) is 9.89 Å². The molecule has 0 aliphatic rings. The molecule has 4 aromatic rings. The van der Waals surface area contributed by atoms with Crippen molar-refractivity contribution in [2.75, 3.05) is 5.32 Å². The lowest BCUT2D eigenvalue weighted by atomic mass is 10.1. The van der Waals surface area contributed by atoms with Gasteiger partial charge in [0.1, 0.15) is 11.3 Å². The third kappa shape index (κ3) is 4.04. The van der Waals surface area contributed by atoms with Crippen molar-refractivity contribution in [3.8, 4) is 5.75 Å². The number of halogens is 2. The van der Waals surface area contributed by atoms with Gasteiger partial charge in [-0.2, -0.15) is 19.0 Å². The molecule has 0 saturated carbocycles. The Kier molecular flexibility index (Phi) is 5.12. The van der Waals surface area contributed by atoms with Gasteiger partial charge in [-0.05, 0) is 24.3 Å². The summed E-state index contributed by atoms with van der Waals surface area (Å²) in [5, 5.41) is 13.5. The largest absolute Gasteiger partial charge is 0.435 e. The number of aromatic amines is 1. The summed E-state index contributed by atoms with van der Waals surface area (Å²) in [7, 11) is 0. The number of anilines is 1. The highest BCUT2D eigenvalue weighted by molar-refractivity contribution is 7.80. The van der Waals surface area contributed by atoms with E-state index in [1.807, 2.05) is 0 Å². The van der Waals surface area contributed by atoms with Gasteiger partial charge in [0, 0.05) is 29.3 Å². The molecule has 0 radical (unpaired) electrons. The highest BCUT2D eigenvalue weighted by atomic mass is 32.1. The summed E-state index contributed by atoms with van der Waals surface area (Å²) in [4.78, 5) is 17.4. The van der Waals surface area contributed by atoms with Gasteiger partial charge in [-0.1, -0.05) is 0 Å². The Labute approximate surface area is 168 Å². The minimum Gasteiger partial charge on any atom is -0.435 e. The maximum Gasteiger partial charge on any atom is 0.387 e. The zero-order valence-electron chi connectivity index (χ0n) is 14.7. The lowest BCUT2D eigenvalue weighted by Crippen LogP contribution is -2.13. The Morgan fingerprint density at radius 3 is 3.03 bits per heavy atom. The normalized spacial score (nSPS) is 11.2. The van der Waals surface area contributed by atoms with Gasteiger partial charge in [0.15, 0.2) is 5.65 Å². The predicted molar refractivity (Wildman–Crippen MR) is 103 cm³/mol. The summed E-state index contributed by atoms with van der Waals surface area (Å²) in [5.41, 5.74) is 2.08. The number of ether oxygens (including phenoxy) is 1. The summed E-state index contributed by atoms with van der Waals surface area (Å²) < 4.78 is 31.4. The summed E-state index contributed by atoms with van der Waals surface area (Å²) in [6.07, 6.45) is 6.25. The SMILES string of the molecule is O=C(Nc1cn[nH]c1Cc1cc(S)ccc1OC(F)F)c1cnn2cccnc12. The van der Waals surface area contributed by atoms with Crippen LogP contribution < -0.4 is 10.1 Å². The highest BCUT2D eigenvalue weighted by Gasteiger charge is 2.18. The number of thiol groups is 1. The van der Waals surface area contributed by atoms with E-state index < -0.39 is 12.5 Å². The van der Waals surface area contributed by atoms with Gasteiger partial charge in [0.2, 0.25) is 0 Å². The number of hydrogen-bond acceptors (Lipinski definition) is 6. The quantitative estimate of drug-likeness (QED) is 0.420. The second-order valence-corrected chi connectivity index (χ2v) is 6.53. The summed E-state index contributed by atoms with van der Waals surface area (Å²) in [6.45, 7) is -2.96. The maximum atomic E-state index is 12.7. The minimum absolute atomic E-state index is 0.0245. The van der Waals surface area contributed by atoms with Crippen LogP contribution in [-0.4, -0.2) is 37.3 Å². The molecule has 3 heterocycles. The molecule has 29 heavy (non-hydrogen) atoms. The van der Waals surface area contributed by atoms with Gasteiger partial charge in [0.25, 0.3) is 5.91 Å². The number of nitrogens with one attached hydrogen (secondary N) is 2. The van der Waals surface area contributed by atoms with Gasteiger partial charge in [-0.25, -0.2) is 9.50 Å². The van der Waals surface area contributed by atoms with E-state index in [4.69, 9.17) is 0 Å². The standard InChI is InChI=1S/C18H14F2N6O2S/c19-18(20)28-15-3-2-11(29)6-10(15)7-13-14(9-22-25-13)24-17(27)12-8-23-26-5-1-4-21-16(12)26/h1-6,8-9,18,29H,7H2,(H,22,25)(H,24,27). The van der Waals surface area contributed by atoms with Crippen molar-refractivity contribution in [3.63, 3.8) is 0 Å². The van der Waals surface area contributed by atoms with Crippen LogP contribution in [0.1, 0.15) is 21.6 Å². The lowest BCUT2D eigenvalue weighted by molar-refractivity contribution is -0.0504. The number of H-pyrrole nitrogens is 1. The summed E-state index contributed by atoms with van der Waals surface area (Å²) in [5.74, 6) is -0.398. The molecule has 0 aliphatic carbocycles. The van der Waals surface area contributed by atoms with Gasteiger partial charge < -0.3 is 10.1 Å². The molecule has 0 aliphatic heterocycles. The Morgan fingerprint density at radius 1 is 1.34 bits per heavy atom. The van der Waals surface area contributed by atoms with Crippen LogP contribution in [0.15, 0.2) is 53.9 Å². The number of aromatic nitrogens is 5. The van der Waals surface area contributed by atoms with Crippen LogP contribution in [0.3, 0.4) is 0 Å². The van der Waals surface area contributed by atoms with Crippen LogP contribution in [-0.2, 0) is 6.42 Å². The number of hydrogen-bond donors (Lipinski definition) is 3. The molecular formula is C18H14F2N6O2S. The fourth-order valence-electron chi connectivity index (χ4n) is 2.84. The monoisotopic (exact) mass is 416 g/mol. The highest BCUT2D eigenvalue weighted by Crippen LogP contribution is 2.28. The third-order valence-corrected chi connectivity index (χ3v) is 4.40. The summed E-state index contributed by atoms with van der Waals surface area (Å²) >= 11 is 4.24. The van der Waals surface area contributed by atoms with E-state index in [-0.39, 0.29) is 17.7 Å². The zero-order valence-corrected chi connectivity index (χ0v) is 15.6. The van der Waals surface area contributed by atoms with Crippen LogP contribution in [0.25, 0.3) is 5.65 Å². The fourth-order valence-corrected chi connectivity index (χ4v) is 3.07. The van der Waals surface area contributed by atoms with Crippen molar-refractivity contribution in [2.24, 2.45) is 0 Å². The Morgan fingerprint density at radius 2 is 2.21 bits per heavy atom. The van der Waals surface area contributed by atoms with E-state index in [2.05, 4.69) is 43.0 Å². The van der Waals surface area contributed by atoms with Crippen molar-refractivity contribution < 1.29 is 18.3 Å². The second kappa shape index (κ2) is 7.87. The maximum absolute atomic E-state index is 12.7. The first-order valence-electron chi connectivity index (χ1n) is 8.40. The molecule has 0 bridgehead atoms. The van der Waals surface area contributed by atoms with Gasteiger partial charge >= 0.3 is 6.61 Å². The van der Waals surface area contributed by atoms with E-state index in [9.17, 15) is 13.6 Å². The van der Waals surface area contributed by atoms with E-state index in [1.54, 1.807) is 30.6 Å². The molecule has 2 N–H and O–H groups in total. The molecule has 3 aromatic heterocycles. The number of fused-ring (bicyclic) bond motifs is 1. The Bertz CT molecular complexity index is 1180. The first kappa shape index (κ1) is 18.9. The molecule has 0 fully saturated rings. The average Bonchev–Trinajstić information content (AvgIpc) is 3.30. The first-order chi connectivity index (χ1) is 14.0. The topological polar surface area (TPSA) is 97.2 Å². The third-order valence-electron chi connectivity index (χ3n) is 4.12. The van der Waals surface area contributed by atoms with E-state index in [0.29, 0.717) is 27.5 Å². The molecule has 0 atom stereocenters. The fraction of sp³-hybridized carbons (Fsp3) is 0.111. The molecule has 11 heteroatoms. The first-order valence-corrected chi connectivity index (χ1v) is 8.84. The van der Waals surface area contributed by atoms with Crippen molar-refractivity contribution in [1.82, 2.24) is 24.8 Å². The van der Waals surface area contributed by atoms with Crippen LogP contribution in [0.2, 0.25) is 0 Å². The molecule has 1 amide bonds. The molecule has 0 spiro atoms. The second-order valence-electron chi connectivity index (χ2n) is 6.01. The summed E-state index contributed by atoms with van der Waals surface area (Å²) in [6, 6.07) is 6.29. The molecule has 148 valence electrons. The average molecular weight is 416 g/mol. The molecule has 1 aromatic carbocycles. The molecule has 0 saturated heterocycles. The lowest BCUT2D eigenvalue weighted by Gasteiger charge is -2.12. The molecule has 4 rings (SSSR count). The molecule has 8 nitrogen and oxygen atoms in total. The number of carbonyl (C=O) groups is 1. The van der Waals surface area contributed by atoms with Crippen LogP contribution in [0.4, 0.5) is 14.5 Å². The van der Waals surface area contributed by atoms with E-state index >= 15 is 0 Å². The minimum atomic E-state index is -2.96. The zero-order chi connectivity index (χ0) is 20.4.